The molecule has 1 aromatic rings. The van der Waals surface area contributed by atoms with Crippen molar-refractivity contribution in [1.29, 1.82) is 5.26 Å². The lowest BCUT2D eigenvalue weighted by molar-refractivity contribution is 0.0374. The fraction of sp³-hybridized carbons (Fsp3) is 0.562. The SMILES string of the molecule is CC(NCCCN1CCOCC1)c1cccc(C#N)c1. The molecule has 20 heavy (non-hydrogen) atoms. The largest absolute Gasteiger partial charge is 0.379 e. The molecule has 0 spiro atoms. The minimum atomic E-state index is 0.285. The third-order valence-corrected chi connectivity index (χ3v) is 3.72. The van der Waals surface area contributed by atoms with Crippen LogP contribution in [0.15, 0.2) is 24.3 Å². The minimum Gasteiger partial charge on any atom is -0.379 e. The number of hydrogen-bond donors (Lipinski definition) is 1. The fourth-order valence-corrected chi connectivity index (χ4v) is 2.44. The zero-order valence-electron chi connectivity index (χ0n) is 12.1. The zero-order chi connectivity index (χ0) is 14.2. The van der Waals surface area contributed by atoms with Gasteiger partial charge in [-0.25, -0.2) is 0 Å². The van der Waals surface area contributed by atoms with Crippen LogP contribution in [0.5, 0.6) is 0 Å². The Labute approximate surface area is 121 Å². The van der Waals surface area contributed by atoms with Crippen LogP contribution < -0.4 is 5.32 Å². The number of benzene rings is 1. The van der Waals surface area contributed by atoms with Gasteiger partial charge in [0.1, 0.15) is 0 Å². The third-order valence-electron chi connectivity index (χ3n) is 3.72. The first-order chi connectivity index (χ1) is 9.79. The van der Waals surface area contributed by atoms with Crippen molar-refractivity contribution in [2.24, 2.45) is 0 Å². The van der Waals surface area contributed by atoms with E-state index in [-0.39, 0.29) is 6.04 Å². The van der Waals surface area contributed by atoms with Gasteiger partial charge in [0.2, 0.25) is 0 Å². The van der Waals surface area contributed by atoms with E-state index in [9.17, 15) is 0 Å². The number of hydrogen-bond acceptors (Lipinski definition) is 4. The molecule has 0 saturated carbocycles. The van der Waals surface area contributed by atoms with Crippen LogP contribution in [0.4, 0.5) is 0 Å². The van der Waals surface area contributed by atoms with Crippen molar-refractivity contribution in [2.75, 3.05) is 39.4 Å². The summed E-state index contributed by atoms with van der Waals surface area (Å²) < 4.78 is 5.34. The molecule has 1 fully saturated rings. The quantitative estimate of drug-likeness (QED) is 0.805. The van der Waals surface area contributed by atoms with Gasteiger partial charge >= 0.3 is 0 Å². The van der Waals surface area contributed by atoms with Gasteiger partial charge in [-0.1, -0.05) is 12.1 Å². The lowest BCUT2D eigenvalue weighted by atomic mass is 10.1. The molecule has 1 aromatic carbocycles. The van der Waals surface area contributed by atoms with E-state index in [4.69, 9.17) is 10.00 Å². The van der Waals surface area contributed by atoms with Gasteiger partial charge in [0.15, 0.2) is 0 Å². The van der Waals surface area contributed by atoms with Crippen LogP contribution in [0.25, 0.3) is 0 Å². The molecule has 4 nitrogen and oxygen atoms in total. The zero-order valence-corrected chi connectivity index (χ0v) is 12.1. The Bertz CT molecular complexity index is 449. The molecule has 0 amide bonds. The summed E-state index contributed by atoms with van der Waals surface area (Å²) in [4.78, 5) is 2.45. The summed E-state index contributed by atoms with van der Waals surface area (Å²) >= 11 is 0. The highest BCUT2D eigenvalue weighted by atomic mass is 16.5. The number of nitriles is 1. The van der Waals surface area contributed by atoms with Gasteiger partial charge in [0, 0.05) is 19.1 Å². The van der Waals surface area contributed by atoms with E-state index in [1.165, 1.54) is 5.56 Å². The van der Waals surface area contributed by atoms with E-state index >= 15 is 0 Å². The van der Waals surface area contributed by atoms with Crippen molar-refractivity contribution in [3.8, 4) is 6.07 Å². The van der Waals surface area contributed by atoms with E-state index in [0.29, 0.717) is 0 Å². The normalized spacial score (nSPS) is 17.6. The minimum absolute atomic E-state index is 0.285. The standard InChI is InChI=1S/C16H23N3O/c1-14(16-5-2-4-15(12-16)13-17)18-6-3-7-19-8-10-20-11-9-19/h2,4-5,12,14,18H,3,6-11H2,1H3. The van der Waals surface area contributed by atoms with Crippen molar-refractivity contribution in [2.45, 2.75) is 19.4 Å². The Kier molecular flexibility index (Phi) is 6.00. The number of ether oxygens (including phenoxy) is 1. The number of nitrogens with one attached hydrogen (secondary N) is 1. The molecule has 0 bridgehead atoms. The van der Waals surface area contributed by atoms with Gasteiger partial charge in [-0.05, 0) is 44.1 Å². The number of rotatable bonds is 6. The third kappa shape index (κ3) is 4.61. The second kappa shape index (κ2) is 8.01. The van der Waals surface area contributed by atoms with Gasteiger partial charge in [-0.2, -0.15) is 5.26 Å². The topological polar surface area (TPSA) is 48.3 Å². The maximum absolute atomic E-state index is 8.92. The van der Waals surface area contributed by atoms with Crippen molar-refractivity contribution in [1.82, 2.24) is 10.2 Å². The summed E-state index contributed by atoms with van der Waals surface area (Å²) in [5.74, 6) is 0. The average Bonchev–Trinajstić information content (AvgIpc) is 2.52. The van der Waals surface area contributed by atoms with E-state index in [0.717, 1.165) is 51.4 Å². The van der Waals surface area contributed by atoms with Crippen molar-refractivity contribution >= 4 is 0 Å². The lowest BCUT2D eigenvalue weighted by Crippen LogP contribution is -2.37. The first-order valence-corrected chi connectivity index (χ1v) is 7.33. The Morgan fingerprint density at radius 1 is 1.40 bits per heavy atom. The average molecular weight is 273 g/mol. The van der Waals surface area contributed by atoms with Crippen LogP contribution in [0.3, 0.4) is 0 Å². The number of nitrogens with zero attached hydrogens (tertiary/aromatic N) is 2. The highest BCUT2D eigenvalue weighted by molar-refractivity contribution is 5.33. The summed E-state index contributed by atoms with van der Waals surface area (Å²) in [5, 5.41) is 12.4. The predicted octanol–water partition coefficient (Wildman–Crippen LogP) is 1.93. The Morgan fingerprint density at radius 2 is 2.20 bits per heavy atom. The monoisotopic (exact) mass is 273 g/mol. The van der Waals surface area contributed by atoms with Gasteiger partial charge in [0.25, 0.3) is 0 Å². The van der Waals surface area contributed by atoms with Crippen molar-refractivity contribution in [3.63, 3.8) is 0 Å². The molecule has 1 saturated heterocycles. The van der Waals surface area contributed by atoms with Gasteiger partial charge in [-0.15, -0.1) is 0 Å². The van der Waals surface area contributed by atoms with Gasteiger partial charge in [-0.3, -0.25) is 4.90 Å². The molecule has 0 aromatic heterocycles. The Morgan fingerprint density at radius 3 is 2.95 bits per heavy atom. The summed E-state index contributed by atoms with van der Waals surface area (Å²) in [6.45, 7) is 8.11. The van der Waals surface area contributed by atoms with E-state index in [1.54, 1.807) is 0 Å². The molecule has 1 heterocycles. The summed E-state index contributed by atoms with van der Waals surface area (Å²) in [6, 6.07) is 10.3. The van der Waals surface area contributed by atoms with Crippen LogP contribution in [-0.2, 0) is 4.74 Å². The molecule has 108 valence electrons. The maximum Gasteiger partial charge on any atom is 0.0991 e. The molecule has 1 aliphatic heterocycles. The molecule has 1 atom stereocenters. The van der Waals surface area contributed by atoms with E-state index in [2.05, 4.69) is 29.3 Å². The Hall–Kier alpha value is -1.41. The fourth-order valence-electron chi connectivity index (χ4n) is 2.44. The van der Waals surface area contributed by atoms with E-state index < -0.39 is 0 Å². The molecule has 1 aliphatic rings. The highest BCUT2D eigenvalue weighted by Crippen LogP contribution is 2.13. The second-order valence-electron chi connectivity index (χ2n) is 5.22. The van der Waals surface area contributed by atoms with Gasteiger partial charge in [0.05, 0.1) is 24.8 Å². The first-order valence-electron chi connectivity index (χ1n) is 7.33. The van der Waals surface area contributed by atoms with Crippen LogP contribution in [-0.4, -0.2) is 44.3 Å². The Balaban J connectivity index is 1.69. The molecule has 0 radical (unpaired) electrons. The van der Waals surface area contributed by atoms with Crippen molar-refractivity contribution in [3.05, 3.63) is 35.4 Å². The maximum atomic E-state index is 8.92. The first kappa shape index (κ1) is 15.0. The molecule has 0 aliphatic carbocycles. The molecular weight excluding hydrogens is 250 g/mol. The molecule has 1 unspecified atom stereocenters. The summed E-state index contributed by atoms with van der Waals surface area (Å²) in [5.41, 5.74) is 1.90. The van der Waals surface area contributed by atoms with Crippen molar-refractivity contribution < 1.29 is 4.74 Å². The predicted molar refractivity (Wildman–Crippen MR) is 79.5 cm³/mol. The number of morpholine rings is 1. The lowest BCUT2D eigenvalue weighted by Gasteiger charge is -2.26. The van der Waals surface area contributed by atoms with Crippen LogP contribution in [0.2, 0.25) is 0 Å². The summed E-state index contributed by atoms with van der Waals surface area (Å²) in [7, 11) is 0. The van der Waals surface area contributed by atoms with E-state index in [1.807, 2.05) is 18.2 Å². The highest BCUT2D eigenvalue weighted by Gasteiger charge is 2.10. The van der Waals surface area contributed by atoms with Crippen LogP contribution in [0.1, 0.15) is 30.5 Å². The molecular formula is C16H23N3O. The van der Waals surface area contributed by atoms with Gasteiger partial charge < -0.3 is 10.1 Å². The second-order valence-corrected chi connectivity index (χ2v) is 5.22. The van der Waals surface area contributed by atoms with Crippen LogP contribution in [0, 0.1) is 11.3 Å². The molecule has 4 heteroatoms. The molecule has 2 rings (SSSR count). The smallest absolute Gasteiger partial charge is 0.0991 e. The molecule has 1 N–H and O–H groups in total. The summed E-state index contributed by atoms with van der Waals surface area (Å²) in [6.07, 6.45) is 1.14. The van der Waals surface area contributed by atoms with Crippen LogP contribution >= 0.6 is 0 Å².